The van der Waals surface area contributed by atoms with E-state index < -0.39 is 11.9 Å². The number of aromatic nitrogens is 1. The summed E-state index contributed by atoms with van der Waals surface area (Å²) < 4.78 is 4.57. The normalized spacial score (nSPS) is 9.43. The Balaban J connectivity index is 2.38. The molecule has 1 amide bonds. The van der Waals surface area contributed by atoms with Gasteiger partial charge in [0.05, 0.1) is 6.42 Å². The van der Waals surface area contributed by atoms with E-state index in [1.165, 1.54) is 0 Å². The van der Waals surface area contributed by atoms with Crippen LogP contribution in [-0.2, 0) is 20.7 Å². The second-order valence-corrected chi connectivity index (χ2v) is 2.67. The van der Waals surface area contributed by atoms with Crippen molar-refractivity contribution in [1.82, 2.24) is 4.98 Å². The van der Waals surface area contributed by atoms with Crippen LogP contribution in [0.2, 0.25) is 0 Å². The molecular formula is C9H10N2O3. The van der Waals surface area contributed by atoms with Gasteiger partial charge in [-0.25, -0.2) is 0 Å². The van der Waals surface area contributed by atoms with Crippen LogP contribution in [0.15, 0.2) is 24.5 Å². The van der Waals surface area contributed by atoms with Gasteiger partial charge in [0.25, 0.3) is 5.91 Å². The highest BCUT2D eigenvalue weighted by Crippen LogP contribution is 1.98. The number of nitrogens with zero attached hydrogens (tertiary/aromatic N) is 1. The van der Waals surface area contributed by atoms with Crippen molar-refractivity contribution in [2.45, 2.75) is 6.42 Å². The molecule has 1 aromatic heterocycles. The van der Waals surface area contributed by atoms with Gasteiger partial charge in [0, 0.05) is 12.4 Å². The van der Waals surface area contributed by atoms with E-state index in [4.69, 9.17) is 5.73 Å². The molecule has 5 nitrogen and oxygen atoms in total. The Hall–Kier alpha value is -1.91. The summed E-state index contributed by atoms with van der Waals surface area (Å²) in [6, 6.07) is 3.47. The van der Waals surface area contributed by atoms with Crippen molar-refractivity contribution in [3.05, 3.63) is 30.1 Å². The second-order valence-electron chi connectivity index (χ2n) is 2.67. The maximum absolute atomic E-state index is 11.1. The molecule has 0 saturated carbocycles. The van der Waals surface area contributed by atoms with Gasteiger partial charge in [0.1, 0.15) is 0 Å². The quantitative estimate of drug-likeness (QED) is 0.664. The van der Waals surface area contributed by atoms with Gasteiger partial charge in [-0.05, 0) is 11.6 Å². The van der Waals surface area contributed by atoms with Crippen LogP contribution in [-0.4, -0.2) is 23.5 Å². The molecule has 0 radical (unpaired) electrons. The van der Waals surface area contributed by atoms with Crippen LogP contribution >= 0.6 is 0 Å². The molecule has 1 rings (SSSR count). The predicted octanol–water partition coefficient (Wildman–Crippen LogP) is -0.347. The number of hydrogen-bond donors (Lipinski definition) is 1. The zero-order valence-electron chi connectivity index (χ0n) is 7.47. The number of rotatable bonds is 4. The Morgan fingerprint density at radius 3 is 2.86 bits per heavy atom. The minimum atomic E-state index is -0.662. The Morgan fingerprint density at radius 1 is 1.50 bits per heavy atom. The molecule has 0 atom stereocenters. The van der Waals surface area contributed by atoms with Crippen LogP contribution in [0.1, 0.15) is 5.56 Å². The van der Waals surface area contributed by atoms with Crippen molar-refractivity contribution in [3.63, 3.8) is 0 Å². The average Bonchev–Trinajstić information content (AvgIpc) is 2.16. The van der Waals surface area contributed by atoms with E-state index >= 15 is 0 Å². The Labute approximate surface area is 80.9 Å². The molecule has 0 unspecified atom stereocenters. The zero-order valence-corrected chi connectivity index (χ0v) is 7.47. The molecule has 74 valence electrons. The highest BCUT2D eigenvalue weighted by molar-refractivity contribution is 5.79. The Kier molecular flexibility index (Phi) is 3.60. The number of carbonyl (C=O) groups excluding carboxylic acids is 2. The summed E-state index contributed by atoms with van der Waals surface area (Å²) >= 11 is 0. The maximum atomic E-state index is 11.1. The standard InChI is InChI=1S/C9H10N2O3/c10-8(12)6-14-9(13)4-7-2-1-3-11-5-7/h1-3,5H,4,6H2,(H2,10,12). The fourth-order valence-electron chi connectivity index (χ4n) is 0.872. The smallest absolute Gasteiger partial charge is 0.310 e. The molecule has 1 heterocycles. The highest BCUT2D eigenvalue weighted by Gasteiger charge is 2.05. The number of primary amides is 1. The summed E-state index contributed by atoms with van der Waals surface area (Å²) in [5, 5.41) is 0. The third kappa shape index (κ3) is 3.66. The van der Waals surface area contributed by atoms with Gasteiger partial charge in [-0.15, -0.1) is 0 Å². The zero-order chi connectivity index (χ0) is 10.4. The van der Waals surface area contributed by atoms with Gasteiger partial charge in [-0.3, -0.25) is 14.6 Å². The van der Waals surface area contributed by atoms with Crippen molar-refractivity contribution >= 4 is 11.9 Å². The molecule has 2 N–H and O–H groups in total. The van der Waals surface area contributed by atoms with E-state index in [-0.39, 0.29) is 13.0 Å². The summed E-state index contributed by atoms with van der Waals surface area (Å²) in [6.45, 7) is -0.376. The summed E-state index contributed by atoms with van der Waals surface area (Å²) in [5.74, 6) is -1.15. The van der Waals surface area contributed by atoms with Crippen molar-refractivity contribution in [2.24, 2.45) is 5.73 Å². The molecule has 0 aliphatic carbocycles. The van der Waals surface area contributed by atoms with Crippen LogP contribution < -0.4 is 5.73 Å². The monoisotopic (exact) mass is 194 g/mol. The first-order valence-corrected chi connectivity index (χ1v) is 4.01. The molecule has 1 aromatic rings. The lowest BCUT2D eigenvalue weighted by Crippen LogP contribution is -2.21. The topological polar surface area (TPSA) is 82.3 Å². The van der Waals surface area contributed by atoms with Crippen LogP contribution in [0.5, 0.6) is 0 Å². The molecular weight excluding hydrogens is 184 g/mol. The first kappa shape index (κ1) is 10.2. The van der Waals surface area contributed by atoms with Crippen LogP contribution in [0.25, 0.3) is 0 Å². The summed E-state index contributed by atoms with van der Waals surface area (Å²) in [5.41, 5.74) is 5.54. The lowest BCUT2D eigenvalue weighted by Gasteiger charge is -2.01. The van der Waals surface area contributed by atoms with E-state index in [2.05, 4.69) is 9.72 Å². The van der Waals surface area contributed by atoms with Gasteiger partial charge in [0.15, 0.2) is 6.61 Å². The fourth-order valence-corrected chi connectivity index (χ4v) is 0.872. The molecule has 0 aliphatic rings. The first-order valence-electron chi connectivity index (χ1n) is 4.01. The Bertz CT molecular complexity index is 324. The predicted molar refractivity (Wildman–Crippen MR) is 48.1 cm³/mol. The lowest BCUT2D eigenvalue weighted by molar-refractivity contribution is -0.147. The third-order valence-electron chi connectivity index (χ3n) is 1.45. The van der Waals surface area contributed by atoms with Gasteiger partial charge < -0.3 is 10.5 Å². The summed E-state index contributed by atoms with van der Waals surface area (Å²) in [4.78, 5) is 25.2. The van der Waals surface area contributed by atoms with E-state index in [1.807, 2.05) is 0 Å². The fraction of sp³-hybridized carbons (Fsp3) is 0.222. The maximum Gasteiger partial charge on any atom is 0.310 e. The molecule has 0 fully saturated rings. The minimum absolute atomic E-state index is 0.0983. The van der Waals surface area contributed by atoms with Crippen molar-refractivity contribution in [1.29, 1.82) is 0 Å². The average molecular weight is 194 g/mol. The van der Waals surface area contributed by atoms with E-state index in [0.29, 0.717) is 0 Å². The molecule has 5 heteroatoms. The molecule has 0 bridgehead atoms. The molecule has 0 saturated heterocycles. The third-order valence-corrected chi connectivity index (χ3v) is 1.45. The number of ether oxygens (including phenoxy) is 1. The van der Waals surface area contributed by atoms with Crippen LogP contribution in [0.3, 0.4) is 0 Å². The van der Waals surface area contributed by atoms with Gasteiger partial charge >= 0.3 is 5.97 Å². The van der Waals surface area contributed by atoms with Crippen LogP contribution in [0.4, 0.5) is 0 Å². The number of esters is 1. The van der Waals surface area contributed by atoms with Gasteiger partial charge in [-0.2, -0.15) is 0 Å². The van der Waals surface area contributed by atoms with Gasteiger partial charge in [0.2, 0.25) is 0 Å². The lowest BCUT2D eigenvalue weighted by atomic mass is 10.2. The van der Waals surface area contributed by atoms with E-state index in [0.717, 1.165) is 5.56 Å². The summed E-state index contributed by atoms with van der Waals surface area (Å²) in [7, 11) is 0. The molecule has 0 aromatic carbocycles. The van der Waals surface area contributed by atoms with Crippen molar-refractivity contribution in [3.8, 4) is 0 Å². The van der Waals surface area contributed by atoms with Gasteiger partial charge in [-0.1, -0.05) is 6.07 Å². The summed E-state index contributed by atoms with van der Waals surface area (Å²) in [6.07, 6.45) is 3.27. The molecule has 0 aliphatic heterocycles. The Morgan fingerprint density at radius 2 is 2.29 bits per heavy atom. The molecule has 14 heavy (non-hydrogen) atoms. The number of pyridine rings is 1. The van der Waals surface area contributed by atoms with E-state index in [1.54, 1.807) is 24.5 Å². The highest BCUT2D eigenvalue weighted by atomic mass is 16.5. The number of amides is 1. The van der Waals surface area contributed by atoms with Crippen LogP contribution in [0, 0.1) is 0 Å². The minimum Gasteiger partial charge on any atom is -0.455 e. The molecule has 0 spiro atoms. The largest absolute Gasteiger partial charge is 0.455 e. The number of nitrogens with two attached hydrogens (primary N) is 1. The van der Waals surface area contributed by atoms with E-state index in [9.17, 15) is 9.59 Å². The SMILES string of the molecule is NC(=O)COC(=O)Cc1cccnc1. The number of carbonyl (C=O) groups is 2. The first-order chi connectivity index (χ1) is 6.68. The number of hydrogen-bond acceptors (Lipinski definition) is 4. The van der Waals surface area contributed by atoms with Crippen molar-refractivity contribution in [2.75, 3.05) is 6.61 Å². The van der Waals surface area contributed by atoms with Crippen molar-refractivity contribution < 1.29 is 14.3 Å². The second kappa shape index (κ2) is 4.96.